The first-order valence-electron chi connectivity index (χ1n) is 7.20. The molecule has 5 nitrogen and oxygen atoms in total. The number of nitrogens with one attached hydrogen (secondary N) is 1. The van der Waals surface area contributed by atoms with Crippen LogP contribution < -0.4 is 11.1 Å². The van der Waals surface area contributed by atoms with Gasteiger partial charge in [-0.2, -0.15) is 0 Å². The molecule has 1 heterocycles. The molecule has 0 spiro atoms. The van der Waals surface area contributed by atoms with E-state index in [-0.39, 0.29) is 17.7 Å². The Morgan fingerprint density at radius 3 is 2.70 bits per heavy atom. The summed E-state index contributed by atoms with van der Waals surface area (Å²) >= 11 is 1.37. The molecule has 0 unspecified atom stereocenters. The topological polar surface area (TPSA) is 88.2 Å². The Hall–Kier alpha value is -2.60. The highest BCUT2D eigenvalue weighted by atomic mass is 32.1. The van der Waals surface area contributed by atoms with Gasteiger partial charge in [-0.3, -0.25) is 4.79 Å². The molecule has 0 bridgehead atoms. The molecule has 6 heteroatoms. The highest BCUT2D eigenvalue weighted by Gasteiger charge is 2.14. The number of hydrogen-bond acceptors (Lipinski definition) is 5. The van der Waals surface area contributed by atoms with E-state index in [0.29, 0.717) is 10.7 Å². The SMILES string of the molecule is Cc1cc(C(=O)N[C@H](C)c2ccc(O)cc2)cc2sc(N)nc12. The van der Waals surface area contributed by atoms with E-state index in [9.17, 15) is 9.90 Å². The van der Waals surface area contributed by atoms with Crippen molar-refractivity contribution >= 4 is 32.6 Å². The Bertz CT molecular complexity index is 871. The van der Waals surface area contributed by atoms with Crippen LogP contribution in [0.4, 0.5) is 5.13 Å². The lowest BCUT2D eigenvalue weighted by atomic mass is 10.1. The van der Waals surface area contributed by atoms with E-state index in [1.807, 2.05) is 26.0 Å². The van der Waals surface area contributed by atoms with Crippen molar-refractivity contribution in [3.05, 3.63) is 53.1 Å². The minimum Gasteiger partial charge on any atom is -0.508 e. The fourth-order valence-electron chi connectivity index (χ4n) is 2.47. The molecule has 0 aliphatic rings. The number of phenols is 1. The number of aryl methyl sites for hydroxylation is 1. The molecule has 0 saturated carbocycles. The monoisotopic (exact) mass is 327 g/mol. The maximum Gasteiger partial charge on any atom is 0.251 e. The number of carbonyl (C=O) groups excluding carboxylic acids is 1. The van der Waals surface area contributed by atoms with Crippen molar-refractivity contribution in [3.63, 3.8) is 0 Å². The van der Waals surface area contributed by atoms with E-state index >= 15 is 0 Å². The summed E-state index contributed by atoms with van der Waals surface area (Å²) in [5.41, 5.74) is 9.03. The molecule has 2 aromatic carbocycles. The fraction of sp³-hybridized carbons (Fsp3) is 0.176. The maximum atomic E-state index is 12.5. The van der Waals surface area contributed by atoms with Crippen LogP contribution in [0.3, 0.4) is 0 Å². The van der Waals surface area contributed by atoms with Crippen LogP contribution in [-0.2, 0) is 0 Å². The molecule has 0 saturated heterocycles. The lowest BCUT2D eigenvalue weighted by Gasteiger charge is -2.15. The van der Waals surface area contributed by atoms with Crippen molar-refractivity contribution in [2.75, 3.05) is 5.73 Å². The minimum atomic E-state index is -0.161. The van der Waals surface area contributed by atoms with Crippen LogP contribution in [-0.4, -0.2) is 16.0 Å². The molecule has 1 aromatic heterocycles. The third-order valence-electron chi connectivity index (χ3n) is 3.70. The first-order chi connectivity index (χ1) is 10.9. The van der Waals surface area contributed by atoms with E-state index in [1.54, 1.807) is 24.3 Å². The second-order valence-electron chi connectivity index (χ2n) is 5.48. The van der Waals surface area contributed by atoms with Gasteiger partial charge in [-0.05, 0) is 49.2 Å². The van der Waals surface area contributed by atoms with E-state index in [0.717, 1.165) is 21.3 Å². The molecular weight excluding hydrogens is 310 g/mol. The normalized spacial score (nSPS) is 12.3. The molecular formula is C17H17N3O2S. The van der Waals surface area contributed by atoms with E-state index < -0.39 is 0 Å². The summed E-state index contributed by atoms with van der Waals surface area (Å²) < 4.78 is 0.907. The Kier molecular flexibility index (Phi) is 3.92. The van der Waals surface area contributed by atoms with E-state index in [4.69, 9.17) is 5.73 Å². The number of rotatable bonds is 3. The minimum absolute atomic E-state index is 0.150. The van der Waals surface area contributed by atoms with Gasteiger partial charge in [-0.15, -0.1) is 0 Å². The standard InChI is InChI=1S/C17H17N3O2S/c1-9-7-12(8-14-15(9)20-17(18)23-14)16(22)19-10(2)11-3-5-13(21)6-4-11/h3-8,10,21H,1-2H3,(H2,18,20)(H,19,22)/t10-/m1/s1. The number of phenolic OH excluding ortho intramolecular Hbond substituents is 1. The quantitative estimate of drug-likeness (QED) is 0.688. The Labute approximate surface area is 137 Å². The van der Waals surface area contributed by atoms with Crippen LogP contribution in [0.1, 0.15) is 34.5 Å². The number of anilines is 1. The van der Waals surface area contributed by atoms with Crippen molar-refractivity contribution in [1.29, 1.82) is 0 Å². The number of nitrogen functional groups attached to an aromatic ring is 1. The fourth-order valence-corrected chi connectivity index (χ4v) is 3.32. The van der Waals surface area contributed by atoms with Gasteiger partial charge < -0.3 is 16.2 Å². The summed E-state index contributed by atoms with van der Waals surface area (Å²) in [7, 11) is 0. The number of aromatic nitrogens is 1. The smallest absolute Gasteiger partial charge is 0.251 e. The number of thiazole rings is 1. The van der Waals surface area contributed by atoms with Crippen LogP contribution in [0.2, 0.25) is 0 Å². The van der Waals surface area contributed by atoms with Gasteiger partial charge in [0.05, 0.1) is 16.3 Å². The van der Waals surface area contributed by atoms with Crippen LogP contribution >= 0.6 is 11.3 Å². The van der Waals surface area contributed by atoms with Crippen molar-refractivity contribution in [2.24, 2.45) is 0 Å². The predicted molar refractivity (Wildman–Crippen MR) is 92.8 cm³/mol. The molecule has 0 radical (unpaired) electrons. The van der Waals surface area contributed by atoms with Gasteiger partial charge in [0.1, 0.15) is 5.75 Å². The molecule has 0 fully saturated rings. The predicted octanol–water partition coefficient (Wildman–Crippen LogP) is 3.38. The zero-order chi connectivity index (χ0) is 16.6. The maximum absolute atomic E-state index is 12.5. The van der Waals surface area contributed by atoms with Crippen LogP contribution in [0.25, 0.3) is 10.2 Å². The largest absolute Gasteiger partial charge is 0.508 e. The van der Waals surface area contributed by atoms with Crippen molar-refractivity contribution in [1.82, 2.24) is 10.3 Å². The molecule has 4 N–H and O–H groups in total. The Morgan fingerprint density at radius 1 is 1.30 bits per heavy atom. The van der Waals surface area contributed by atoms with E-state index in [1.165, 1.54) is 11.3 Å². The summed E-state index contributed by atoms with van der Waals surface area (Å²) in [6.07, 6.45) is 0. The van der Waals surface area contributed by atoms with Gasteiger partial charge in [-0.1, -0.05) is 23.5 Å². The third kappa shape index (κ3) is 3.12. The Balaban J connectivity index is 1.84. The number of amides is 1. The van der Waals surface area contributed by atoms with Gasteiger partial charge in [0.25, 0.3) is 5.91 Å². The summed E-state index contributed by atoms with van der Waals surface area (Å²) in [6, 6.07) is 10.3. The number of aromatic hydroxyl groups is 1. The molecule has 0 aliphatic carbocycles. The molecule has 3 rings (SSSR count). The summed E-state index contributed by atoms with van der Waals surface area (Å²) in [5.74, 6) is 0.0543. The summed E-state index contributed by atoms with van der Waals surface area (Å²) in [5, 5.41) is 12.8. The number of fused-ring (bicyclic) bond motifs is 1. The van der Waals surface area contributed by atoms with Gasteiger partial charge in [-0.25, -0.2) is 4.98 Å². The molecule has 118 valence electrons. The van der Waals surface area contributed by atoms with Crippen LogP contribution in [0, 0.1) is 6.92 Å². The highest BCUT2D eigenvalue weighted by molar-refractivity contribution is 7.22. The average Bonchev–Trinajstić information content (AvgIpc) is 2.88. The molecule has 1 amide bonds. The Morgan fingerprint density at radius 2 is 2.00 bits per heavy atom. The highest BCUT2D eigenvalue weighted by Crippen LogP contribution is 2.28. The summed E-state index contributed by atoms with van der Waals surface area (Å²) in [6.45, 7) is 3.82. The number of benzene rings is 2. The van der Waals surface area contributed by atoms with Crippen LogP contribution in [0.5, 0.6) is 5.75 Å². The zero-order valence-electron chi connectivity index (χ0n) is 12.8. The van der Waals surface area contributed by atoms with Gasteiger partial charge in [0, 0.05) is 5.56 Å². The number of carbonyl (C=O) groups is 1. The van der Waals surface area contributed by atoms with Crippen molar-refractivity contribution in [2.45, 2.75) is 19.9 Å². The summed E-state index contributed by atoms with van der Waals surface area (Å²) in [4.78, 5) is 16.8. The second kappa shape index (κ2) is 5.89. The molecule has 1 atom stereocenters. The van der Waals surface area contributed by atoms with Crippen LogP contribution in [0.15, 0.2) is 36.4 Å². The van der Waals surface area contributed by atoms with Crippen molar-refractivity contribution < 1.29 is 9.90 Å². The third-order valence-corrected chi connectivity index (χ3v) is 4.54. The number of nitrogens with zero attached hydrogens (tertiary/aromatic N) is 1. The average molecular weight is 327 g/mol. The lowest BCUT2D eigenvalue weighted by Crippen LogP contribution is -2.26. The molecule has 23 heavy (non-hydrogen) atoms. The molecule has 0 aliphatic heterocycles. The zero-order valence-corrected chi connectivity index (χ0v) is 13.6. The van der Waals surface area contributed by atoms with Gasteiger partial charge in [0.15, 0.2) is 5.13 Å². The lowest BCUT2D eigenvalue weighted by molar-refractivity contribution is 0.0940. The second-order valence-corrected chi connectivity index (χ2v) is 6.54. The van der Waals surface area contributed by atoms with E-state index in [2.05, 4.69) is 10.3 Å². The van der Waals surface area contributed by atoms with Gasteiger partial charge in [0.2, 0.25) is 0 Å². The molecule has 3 aromatic rings. The van der Waals surface area contributed by atoms with Crippen molar-refractivity contribution in [3.8, 4) is 5.75 Å². The van der Waals surface area contributed by atoms with Gasteiger partial charge >= 0.3 is 0 Å². The first-order valence-corrected chi connectivity index (χ1v) is 8.02. The number of nitrogens with two attached hydrogens (primary N) is 1. The number of hydrogen-bond donors (Lipinski definition) is 3. The first kappa shape index (κ1) is 15.3.